The molecular weight excluding hydrogens is 256 g/mol. The first-order chi connectivity index (χ1) is 9.17. The predicted molar refractivity (Wildman–Crippen MR) is 80.2 cm³/mol. The Hall–Kier alpha value is -1.91. The highest BCUT2D eigenvalue weighted by atomic mass is 16.6. The minimum atomic E-state index is -0.492. The van der Waals surface area contributed by atoms with E-state index in [1.165, 1.54) is 0 Å². The molecule has 0 aliphatic heterocycles. The Morgan fingerprint density at radius 1 is 1.40 bits per heavy atom. The van der Waals surface area contributed by atoms with Crippen LogP contribution in [0.25, 0.3) is 0 Å². The molecule has 0 aliphatic rings. The van der Waals surface area contributed by atoms with Gasteiger partial charge in [0.1, 0.15) is 11.4 Å². The van der Waals surface area contributed by atoms with Crippen LogP contribution in [0.2, 0.25) is 0 Å². The number of hydrogen-bond acceptors (Lipinski definition) is 4. The van der Waals surface area contributed by atoms with E-state index in [0.717, 1.165) is 11.3 Å². The van der Waals surface area contributed by atoms with Crippen LogP contribution < -0.4 is 10.6 Å². The average Bonchev–Trinajstić information content (AvgIpc) is 2.28. The number of amides is 1. The van der Waals surface area contributed by atoms with Gasteiger partial charge in [0.15, 0.2) is 0 Å². The summed E-state index contributed by atoms with van der Waals surface area (Å²) in [6.07, 6.45) is -0.423. The Labute approximate surface area is 120 Å². The van der Waals surface area contributed by atoms with Gasteiger partial charge < -0.3 is 20.5 Å². The highest BCUT2D eigenvalue weighted by Gasteiger charge is 2.16. The Balaban J connectivity index is 2.44. The lowest BCUT2D eigenvalue weighted by Gasteiger charge is -2.22. The van der Waals surface area contributed by atoms with Crippen LogP contribution in [0.4, 0.5) is 10.5 Å². The molecule has 3 N–H and O–H groups in total. The third-order valence-corrected chi connectivity index (χ3v) is 2.56. The number of ether oxygens (including phenoxy) is 1. The quantitative estimate of drug-likeness (QED) is 0.741. The number of phenols is 1. The van der Waals surface area contributed by atoms with Gasteiger partial charge in [-0.05, 0) is 58.4 Å². The number of nitrogens with one attached hydrogen (secondary N) is 2. The van der Waals surface area contributed by atoms with Gasteiger partial charge in [0, 0.05) is 18.3 Å². The lowest BCUT2D eigenvalue weighted by Crippen LogP contribution is -2.38. The topological polar surface area (TPSA) is 70.6 Å². The van der Waals surface area contributed by atoms with Crippen molar-refractivity contribution in [3.63, 3.8) is 0 Å². The zero-order chi connectivity index (χ0) is 15.3. The highest BCUT2D eigenvalue weighted by molar-refractivity contribution is 5.67. The molecule has 0 bridgehead atoms. The normalized spacial score (nSPS) is 12.7. The lowest BCUT2D eigenvalue weighted by molar-refractivity contribution is 0.0526. The molecule has 112 valence electrons. The van der Waals surface area contributed by atoms with Crippen molar-refractivity contribution in [2.24, 2.45) is 0 Å². The molecule has 1 rings (SSSR count). The largest absolute Gasteiger partial charge is 0.508 e. The molecule has 0 saturated heterocycles. The summed E-state index contributed by atoms with van der Waals surface area (Å²) >= 11 is 0. The van der Waals surface area contributed by atoms with Crippen LogP contribution in [0.15, 0.2) is 18.2 Å². The molecule has 0 aromatic heterocycles. The smallest absolute Gasteiger partial charge is 0.407 e. The second kappa shape index (κ2) is 6.50. The highest BCUT2D eigenvalue weighted by Crippen LogP contribution is 2.20. The number of carbonyl (C=O) groups excluding carboxylic acids is 1. The number of carbonyl (C=O) groups is 1. The Kier molecular flexibility index (Phi) is 5.25. The van der Waals surface area contributed by atoms with Crippen LogP contribution in [-0.4, -0.2) is 29.4 Å². The molecule has 0 saturated carbocycles. The standard InChI is InChI=1S/C15H24N2O3/c1-10-8-12(18)6-7-13(10)17-11(2)9-16-14(19)20-15(3,4)5/h6-8,11,17-18H,9H2,1-5H3,(H,16,19). The van der Waals surface area contributed by atoms with Crippen LogP contribution in [0.1, 0.15) is 33.3 Å². The third-order valence-electron chi connectivity index (χ3n) is 2.56. The fourth-order valence-electron chi connectivity index (χ4n) is 1.68. The minimum absolute atomic E-state index is 0.0470. The van der Waals surface area contributed by atoms with Crippen molar-refractivity contribution >= 4 is 11.8 Å². The first-order valence-corrected chi connectivity index (χ1v) is 6.70. The SMILES string of the molecule is Cc1cc(O)ccc1NC(C)CNC(=O)OC(C)(C)C. The molecule has 20 heavy (non-hydrogen) atoms. The predicted octanol–water partition coefficient (Wildman–Crippen LogP) is 3.03. The van der Waals surface area contributed by atoms with Gasteiger partial charge in [-0.15, -0.1) is 0 Å². The van der Waals surface area contributed by atoms with Gasteiger partial charge >= 0.3 is 6.09 Å². The van der Waals surface area contributed by atoms with E-state index in [1.54, 1.807) is 12.1 Å². The molecule has 0 heterocycles. The van der Waals surface area contributed by atoms with Gasteiger partial charge in [0.2, 0.25) is 0 Å². The van der Waals surface area contributed by atoms with Crippen LogP contribution >= 0.6 is 0 Å². The minimum Gasteiger partial charge on any atom is -0.508 e. The molecule has 1 aromatic carbocycles. The summed E-state index contributed by atoms with van der Waals surface area (Å²) in [5.74, 6) is 0.243. The Bertz CT molecular complexity index is 467. The zero-order valence-corrected chi connectivity index (χ0v) is 12.8. The van der Waals surface area contributed by atoms with E-state index in [-0.39, 0.29) is 11.8 Å². The van der Waals surface area contributed by atoms with E-state index in [0.29, 0.717) is 6.54 Å². The average molecular weight is 280 g/mol. The van der Waals surface area contributed by atoms with Crippen molar-refractivity contribution in [3.8, 4) is 5.75 Å². The van der Waals surface area contributed by atoms with Gasteiger partial charge in [0.25, 0.3) is 0 Å². The summed E-state index contributed by atoms with van der Waals surface area (Å²) in [6, 6.07) is 5.18. The van der Waals surface area contributed by atoms with E-state index >= 15 is 0 Å². The van der Waals surface area contributed by atoms with Crippen molar-refractivity contribution < 1.29 is 14.6 Å². The fourth-order valence-corrected chi connectivity index (χ4v) is 1.68. The van der Waals surface area contributed by atoms with Crippen LogP contribution in [0, 0.1) is 6.92 Å². The summed E-state index contributed by atoms with van der Waals surface area (Å²) in [7, 11) is 0. The van der Waals surface area contributed by atoms with E-state index in [1.807, 2.05) is 40.7 Å². The van der Waals surface area contributed by atoms with E-state index < -0.39 is 11.7 Å². The molecule has 5 nitrogen and oxygen atoms in total. The van der Waals surface area contributed by atoms with Crippen LogP contribution in [0.5, 0.6) is 5.75 Å². The van der Waals surface area contributed by atoms with Crippen LogP contribution in [-0.2, 0) is 4.74 Å². The summed E-state index contributed by atoms with van der Waals surface area (Å²) in [5, 5.41) is 15.3. The zero-order valence-electron chi connectivity index (χ0n) is 12.8. The lowest BCUT2D eigenvalue weighted by atomic mass is 10.1. The number of aryl methyl sites for hydroxylation is 1. The number of anilines is 1. The molecule has 1 amide bonds. The summed E-state index contributed by atoms with van der Waals surface area (Å²) in [4.78, 5) is 11.5. The third kappa shape index (κ3) is 5.82. The van der Waals surface area contributed by atoms with Crippen molar-refractivity contribution in [1.82, 2.24) is 5.32 Å². The first-order valence-electron chi connectivity index (χ1n) is 6.70. The van der Waals surface area contributed by atoms with Gasteiger partial charge in [-0.1, -0.05) is 0 Å². The molecule has 1 aromatic rings. The van der Waals surface area contributed by atoms with Gasteiger partial charge in [-0.2, -0.15) is 0 Å². The molecule has 1 unspecified atom stereocenters. The van der Waals surface area contributed by atoms with Crippen molar-refractivity contribution in [3.05, 3.63) is 23.8 Å². The Morgan fingerprint density at radius 3 is 2.60 bits per heavy atom. The van der Waals surface area contributed by atoms with Gasteiger partial charge in [-0.3, -0.25) is 0 Å². The molecule has 0 fully saturated rings. The molecule has 0 spiro atoms. The van der Waals surface area contributed by atoms with E-state index in [4.69, 9.17) is 4.74 Å². The fraction of sp³-hybridized carbons (Fsp3) is 0.533. The van der Waals surface area contributed by atoms with Crippen molar-refractivity contribution in [2.75, 3.05) is 11.9 Å². The number of hydrogen-bond donors (Lipinski definition) is 3. The molecule has 1 atom stereocenters. The molecular formula is C15H24N2O3. The molecule has 5 heteroatoms. The first kappa shape index (κ1) is 16.1. The molecule has 0 radical (unpaired) electrons. The maximum absolute atomic E-state index is 11.5. The van der Waals surface area contributed by atoms with Gasteiger partial charge in [-0.25, -0.2) is 4.79 Å². The number of rotatable bonds is 4. The number of alkyl carbamates (subject to hydrolysis) is 1. The van der Waals surface area contributed by atoms with Crippen molar-refractivity contribution in [2.45, 2.75) is 46.3 Å². The number of benzene rings is 1. The Morgan fingerprint density at radius 2 is 2.05 bits per heavy atom. The second-order valence-corrected chi connectivity index (χ2v) is 5.93. The maximum atomic E-state index is 11.5. The second-order valence-electron chi connectivity index (χ2n) is 5.93. The number of aromatic hydroxyl groups is 1. The van der Waals surface area contributed by atoms with Gasteiger partial charge in [0.05, 0.1) is 0 Å². The summed E-state index contributed by atoms with van der Waals surface area (Å²) < 4.78 is 5.17. The maximum Gasteiger partial charge on any atom is 0.407 e. The van der Waals surface area contributed by atoms with E-state index in [2.05, 4.69) is 10.6 Å². The van der Waals surface area contributed by atoms with Crippen molar-refractivity contribution in [1.29, 1.82) is 0 Å². The van der Waals surface area contributed by atoms with Crippen LogP contribution in [0.3, 0.4) is 0 Å². The van der Waals surface area contributed by atoms with E-state index in [9.17, 15) is 9.90 Å². The summed E-state index contributed by atoms with van der Waals surface area (Å²) in [5.41, 5.74) is 1.39. The monoisotopic (exact) mass is 280 g/mol. The summed E-state index contributed by atoms with van der Waals surface area (Å²) in [6.45, 7) is 9.81. The molecule has 0 aliphatic carbocycles. The number of phenolic OH excluding ortho intramolecular Hbond substituents is 1.